The minimum absolute atomic E-state index is 0.479. The lowest BCUT2D eigenvalue weighted by Gasteiger charge is -2.07. The molecule has 4 heteroatoms. The molecule has 1 N–H and O–H groups in total. The lowest BCUT2D eigenvalue weighted by molar-refractivity contribution is 0.169. The van der Waals surface area contributed by atoms with Gasteiger partial charge in [0.1, 0.15) is 6.10 Å². The summed E-state index contributed by atoms with van der Waals surface area (Å²) in [5.41, 5.74) is 1.15. The van der Waals surface area contributed by atoms with Crippen LogP contribution in [0.4, 0.5) is 0 Å². The molecule has 0 aliphatic rings. The van der Waals surface area contributed by atoms with E-state index in [1.807, 2.05) is 12.1 Å². The Labute approximate surface area is 109 Å². The van der Waals surface area contributed by atoms with Crippen LogP contribution in [0.1, 0.15) is 17.5 Å². The monoisotopic (exact) mass is 256 g/mol. The van der Waals surface area contributed by atoms with Gasteiger partial charge in [-0.3, -0.25) is 0 Å². The summed E-state index contributed by atoms with van der Waals surface area (Å²) in [7, 11) is 0. The van der Waals surface area contributed by atoms with Gasteiger partial charge in [-0.2, -0.15) is 0 Å². The Hall–Kier alpha value is -1.78. The number of rotatable bonds is 3. The number of thiophene rings is 1. The number of aromatic nitrogens is 2. The minimum atomic E-state index is -0.649. The molecule has 90 valence electrons. The Morgan fingerprint density at radius 2 is 1.89 bits per heavy atom. The van der Waals surface area contributed by atoms with Crippen LogP contribution in [0.3, 0.4) is 0 Å². The molecule has 1 atom stereocenters. The molecule has 0 saturated carbocycles. The van der Waals surface area contributed by atoms with Gasteiger partial charge >= 0.3 is 0 Å². The zero-order valence-electron chi connectivity index (χ0n) is 9.65. The van der Waals surface area contributed by atoms with Crippen LogP contribution in [-0.4, -0.2) is 15.1 Å². The van der Waals surface area contributed by atoms with Crippen molar-refractivity contribution in [3.8, 4) is 0 Å². The third-order valence-electron chi connectivity index (χ3n) is 2.86. The SMILES string of the molecule is OC(Cc1csc2ccccc12)c1ncccn1. The van der Waals surface area contributed by atoms with Gasteiger partial charge in [-0.1, -0.05) is 18.2 Å². The van der Waals surface area contributed by atoms with Gasteiger partial charge < -0.3 is 5.11 Å². The van der Waals surface area contributed by atoms with E-state index < -0.39 is 6.10 Å². The van der Waals surface area contributed by atoms with Crippen LogP contribution in [0, 0.1) is 0 Å². The van der Waals surface area contributed by atoms with Gasteiger partial charge in [-0.25, -0.2) is 9.97 Å². The van der Waals surface area contributed by atoms with Crippen molar-refractivity contribution in [1.29, 1.82) is 0 Å². The average molecular weight is 256 g/mol. The Morgan fingerprint density at radius 3 is 2.72 bits per heavy atom. The molecular formula is C14H12N2OS. The first-order valence-corrected chi connectivity index (χ1v) is 6.62. The van der Waals surface area contributed by atoms with Gasteiger partial charge in [-0.05, 0) is 28.5 Å². The Kier molecular flexibility index (Phi) is 3.04. The molecule has 2 heterocycles. The van der Waals surface area contributed by atoms with Crippen LogP contribution in [0.5, 0.6) is 0 Å². The maximum Gasteiger partial charge on any atom is 0.157 e. The van der Waals surface area contributed by atoms with Gasteiger partial charge in [0.2, 0.25) is 0 Å². The summed E-state index contributed by atoms with van der Waals surface area (Å²) in [6, 6.07) is 9.97. The normalized spacial score (nSPS) is 12.7. The lowest BCUT2D eigenvalue weighted by atomic mass is 10.1. The lowest BCUT2D eigenvalue weighted by Crippen LogP contribution is -2.05. The van der Waals surface area contributed by atoms with E-state index in [1.165, 1.54) is 10.1 Å². The highest BCUT2D eigenvalue weighted by Crippen LogP contribution is 2.28. The molecular weight excluding hydrogens is 244 g/mol. The van der Waals surface area contributed by atoms with Gasteiger partial charge in [0.05, 0.1) is 0 Å². The van der Waals surface area contributed by atoms with Gasteiger partial charge in [0.25, 0.3) is 0 Å². The van der Waals surface area contributed by atoms with Crippen LogP contribution in [0.25, 0.3) is 10.1 Å². The maximum absolute atomic E-state index is 10.1. The summed E-state index contributed by atoms with van der Waals surface area (Å²) in [6.07, 6.45) is 3.20. The smallest absolute Gasteiger partial charge is 0.157 e. The molecule has 1 aromatic carbocycles. The van der Waals surface area contributed by atoms with Crippen LogP contribution < -0.4 is 0 Å². The van der Waals surface area contributed by atoms with Crippen molar-refractivity contribution in [3.63, 3.8) is 0 Å². The molecule has 2 aromatic heterocycles. The zero-order chi connectivity index (χ0) is 12.4. The summed E-state index contributed by atoms with van der Waals surface area (Å²) in [6.45, 7) is 0. The molecule has 1 unspecified atom stereocenters. The second-order valence-electron chi connectivity index (χ2n) is 4.08. The van der Waals surface area contributed by atoms with Crippen molar-refractivity contribution in [2.75, 3.05) is 0 Å². The maximum atomic E-state index is 10.1. The van der Waals surface area contributed by atoms with E-state index in [0.717, 1.165) is 5.56 Å². The highest BCUT2D eigenvalue weighted by atomic mass is 32.1. The van der Waals surface area contributed by atoms with E-state index in [9.17, 15) is 5.11 Å². The van der Waals surface area contributed by atoms with Crippen LogP contribution >= 0.6 is 11.3 Å². The van der Waals surface area contributed by atoms with E-state index in [2.05, 4.69) is 27.5 Å². The third-order valence-corrected chi connectivity index (χ3v) is 3.87. The van der Waals surface area contributed by atoms with E-state index in [-0.39, 0.29) is 0 Å². The molecule has 0 fully saturated rings. The van der Waals surface area contributed by atoms with Crippen molar-refractivity contribution in [3.05, 3.63) is 59.5 Å². The fourth-order valence-electron chi connectivity index (χ4n) is 1.97. The van der Waals surface area contributed by atoms with E-state index in [4.69, 9.17) is 0 Å². The van der Waals surface area contributed by atoms with Gasteiger partial charge in [0.15, 0.2) is 5.82 Å². The summed E-state index contributed by atoms with van der Waals surface area (Å²) >= 11 is 1.70. The van der Waals surface area contributed by atoms with Crippen LogP contribution in [0.2, 0.25) is 0 Å². The number of nitrogens with zero attached hydrogens (tertiary/aromatic N) is 2. The molecule has 18 heavy (non-hydrogen) atoms. The number of fused-ring (bicyclic) bond motifs is 1. The Balaban J connectivity index is 1.89. The molecule has 0 bridgehead atoms. The first-order valence-electron chi connectivity index (χ1n) is 5.74. The summed E-state index contributed by atoms with van der Waals surface area (Å²) < 4.78 is 1.24. The number of hydrogen-bond donors (Lipinski definition) is 1. The van der Waals surface area contributed by atoms with Crippen molar-refractivity contribution in [2.24, 2.45) is 0 Å². The highest BCUT2D eigenvalue weighted by molar-refractivity contribution is 7.17. The molecule has 3 aromatic rings. The second kappa shape index (κ2) is 4.84. The topological polar surface area (TPSA) is 46.0 Å². The van der Waals surface area contributed by atoms with E-state index in [0.29, 0.717) is 12.2 Å². The van der Waals surface area contributed by atoms with Crippen molar-refractivity contribution in [1.82, 2.24) is 9.97 Å². The van der Waals surface area contributed by atoms with Crippen LogP contribution in [-0.2, 0) is 6.42 Å². The Bertz CT molecular complexity index is 651. The highest BCUT2D eigenvalue weighted by Gasteiger charge is 2.13. The molecule has 3 nitrogen and oxygen atoms in total. The molecule has 0 spiro atoms. The van der Waals surface area contributed by atoms with Gasteiger partial charge in [0, 0.05) is 23.5 Å². The first-order chi connectivity index (χ1) is 8.84. The number of hydrogen-bond acceptors (Lipinski definition) is 4. The van der Waals surface area contributed by atoms with E-state index in [1.54, 1.807) is 29.8 Å². The fraction of sp³-hybridized carbons (Fsp3) is 0.143. The predicted octanol–water partition coefficient (Wildman–Crippen LogP) is 2.97. The molecule has 0 saturated heterocycles. The third kappa shape index (κ3) is 2.12. The summed E-state index contributed by atoms with van der Waals surface area (Å²) in [4.78, 5) is 8.16. The second-order valence-corrected chi connectivity index (χ2v) is 5.00. The molecule has 3 rings (SSSR count). The summed E-state index contributed by atoms with van der Waals surface area (Å²) in [5.74, 6) is 0.479. The average Bonchev–Trinajstić information content (AvgIpc) is 2.83. The first kappa shape index (κ1) is 11.3. The van der Waals surface area contributed by atoms with Crippen LogP contribution in [0.15, 0.2) is 48.1 Å². The minimum Gasteiger partial charge on any atom is -0.385 e. The number of aliphatic hydroxyl groups excluding tert-OH is 1. The Morgan fingerprint density at radius 1 is 1.11 bits per heavy atom. The van der Waals surface area contributed by atoms with Crippen molar-refractivity contribution < 1.29 is 5.11 Å². The fourth-order valence-corrected chi connectivity index (χ4v) is 2.95. The molecule has 0 aliphatic heterocycles. The van der Waals surface area contributed by atoms with Crippen molar-refractivity contribution in [2.45, 2.75) is 12.5 Å². The van der Waals surface area contributed by atoms with Crippen molar-refractivity contribution >= 4 is 21.4 Å². The quantitative estimate of drug-likeness (QED) is 0.783. The number of benzene rings is 1. The standard InChI is InChI=1S/C14H12N2OS/c17-12(14-15-6-3-7-16-14)8-10-9-18-13-5-2-1-4-11(10)13/h1-7,9,12,17H,8H2. The predicted molar refractivity (Wildman–Crippen MR) is 72.5 cm³/mol. The molecule has 0 radical (unpaired) electrons. The molecule has 0 aliphatic carbocycles. The van der Waals surface area contributed by atoms with Gasteiger partial charge in [-0.15, -0.1) is 11.3 Å². The zero-order valence-corrected chi connectivity index (χ0v) is 10.5. The van der Waals surface area contributed by atoms with E-state index >= 15 is 0 Å². The number of aliphatic hydroxyl groups is 1. The molecule has 0 amide bonds. The largest absolute Gasteiger partial charge is 0.385 e. The summed E-state index contributed by atoms with van der Waals surface area (Å²) in [5, 5.41) is 13.4.